The SMILES string of the molecule is O=C(O)C1CCC(n2nccc2Br)C1. The van der Waals surface area contributed by atoms with Gasteiger partial charge in [0.2, 0.25) is 0 Å². The van der Waals surface area contributed by atoms with Crippen LogP contribution in [0.15, 0.2) is 16.9 Å². The van der Waals surface area contributed by atoms with Crippen molar-refractivity contribution >= 4 is 21.9 Å². The van der Waals surface area contributed by atoms with Gasteiger partial charge in [-0.25, -0.2) is 0 Å². The molecular formula is C9H11BrN2O2. The summed E-state index contributed by atoms with van der Waals surface area (Å²) in [4.78, 5) is 10.8. The third-order valence-corrected chi connectivity index (χ3v) is 3.35. The second-order valence-corrected chi connectivity index (χ2v) is 4.41. The predicted molar refractivity (Wildman–Crippen MR) is 53.9 cm³/mol. The molecule has 0 radical (unpaired) electrons. The molecule has 1 aliphatic carbocycles. The van der Waals surface area contributed by atoms with Crippen LogP contribution in [-0.2, 0) is 4.79 Å². The monoisotopic (exact) mass is 258 g/mol. The highest BCUT2D eigenvalue weighted by molar-refractivity contribution is 9.10. The molecule has 1 aromatic heterocycles. The summed E-state index contributed by atoms with van der Waals surface area (Å²) in [7, 11) is 0. The van der Waals surface area contributed by atoms with E-state index in [9.17, 15) is 4.79 Å². The van der Waals surface area contributed by atoms with Gasteiger partial charge in [0.25, 0.3) is 0 Å². The molecule has 2 unspecified atom stereocenters. The van der Waals surface area contributed by atoms with Crippen LogP contribution in [0, 0.1) is 5.92 Å². The summed E-state index contributed by atoms with van der Waals surface area (Å²) in [6.45, 7) is 0. The minimum atomic E-state index is -0.684. The van der Waals surface area contributed by atoms with E-state index in [-0.39, 0.29) is 12.0 Å². The van der Waals surface area contributed by atoms with Gasteiger partial charge in [0.05, 0.1) is 18.2 Å². The molecule has 0 aliphatic heterocycles. The fraction of sp³-hybridized carbons (Fsp3) is 0.556. The van der Waals surface area contributed by atoms with Gasteiger partial charge in [-0.1, -0.05) is 0 Å². The Morgan fingerprint density at radius 2 is 2.43 bits per heavy atom. The molecule has 0 amide bonds. The first kappa shape index (κ1) is 9.71. The van der Waals surface area contributed by atoms with Crippen molar-refractivity contribution in [2.45, 2.75) is 25.3 Å². The van der Waals surface area contributed by atoms with Gasteiger partial charge in [-0.3, -0.25) is 9.48 Å². The Kier molecular flexibility index (Phi) is 2.58. The highest BCUT2D eigenvalue weighted by Crippen LogP contribution is 2.35. The smallest absolute Gasteiger partial charge is 0.306 e. The Morgan fingerprint density at radius 3 is 2.93 bits per heavy atom. The van der Waals surface area contributed by atoms with Crippen LogP contribution in [0.3, 0.4) is 0 Å². The summed E-state index contributed by atoms with van der Waals surface area (Å²) >= 11 is 3.39. The van der Waals surface area contributed by atoms with Crippen molar-refractivity contribution in [2.24, 2.45) is 5.92 Å². The second kappa shape index (κ2) is 3.73. The van der Waals surface area contributed by atoms with Crippen LogP contribution >= 0.6 is 15.9 Å². The van der Waals surface area contributed by atoms with Crippen LogP contribution in [0.5, 0.6) is 0 Å². The van der Waals surface area contributed by atoms with Crippen LogP contribution in [0.1, 0.15) is 25.3 Å². The molecule has 14 heavy (non-hydrogen) atoms. The van der Waals surface area contributed by atoms with E-state index in [1.165, 1.54) is 0 Å². The molecule has 0 aromatic carbocycles. The van der Waals surface area contributed by atoms with Gasteiger partial charge in [-0.15, -0.1) is 0 Å². The molecule has 2 rings (SSSR count). The maximum absolute atomic E-state index is 10.8. The highest BCUT2D eigenvalue weighted by Gasteiger charge is 2.31. The van der Waals surface area contributed by atoms with Gasteiger partial charge >= 0.3 is 5.97 Å². The number of hydrogen-bond acceptors (Lipinski definition) is 2. The number of hydrogen-bond donors (Lipinski definition) is 1. The fourth-order valence-electron chi connectivity index (χ4n) is 1.97. The van der Waals surface area contributed by atoms with Crippen molar-refractivity contribution in [3.8, 4) is 0 Å². The molecular weight excluding hydrogens is 248 g/mol. The van der Waals surface area contributed by atoms with Crippen LogP contribution in [0.4, 0.5) is 0 Å². The Bertz CT molecular complexity index is 350. The molecule has 1 aliphatic rings. The van der Waals surface area contributed by atoms with Gasteiger partial charge in [0, 0.05) is 0 Å². The zero-order chi connectivity index (χ0) is 10.1. The Morgan fingerprint density at radius 1 is 1.64 bits per heavy atom. The van der Waals surface area contributed by atoms with Crippen molar-refractivity contribution in [2.75, 3.05) is 0 Å². The van der Waals surface area contributed by atoms with Crippen molar-refractivity contribution in [1.82, 2.24) is 9.78 Å². The molecule has 2 atom stereocenters. The van der Waals surface area contributed by atoms with Crippen molar-refractivity contribution in [1.29, 1.82) is 0 Å². The molecule has 0 bridgehead atoms. The average Bonchev–Trinajstić information content (AvgIpc) is 2.71. The van der Waals surface area contributed by atoms with Gasteiger partial charge in [-0.05, 0) is 41.3 Å². The lowest BCUT2D eigenvalue weighted by atomic mass is 10.1. The van der Waals surface area contributed by atoms with Crippen LogP contribution in [0.2, 0.25) is 0 Å². The minimum Gasteiger partial charge on any atom is -0.481 e. The maximum Gasteiger partial charge on any atom is 0.306 e. The van der Waals surface area contributed by atoms with Crippen LogP contribution < -0.4 is 0 Å². The number of aromatic nitrogens is 2. The molecule has 1 aromatic rings. The maximum atomic E-state index is 10.8. The summed E-state index contributed by atoms with van der Waals surface area (Å²) in [5.41, 5.74) is 0. The number of halogens is 1. The molecule has 1 N–H and O–H groups in total. The van der Waals surface area contributed by atoms with E-state index >= 15 is 0 Å². The van der Waals surface area contributed by atoms with E-state index in [0.717, 1.165) is 17.4 Å². The number of rotatable bonds is 2. The van der Waals surface area contributed by atoms with Gasteiger partial charge < -0.3 is 5.11 Å². The topological polar surface area (TPSA) is 55.1 Å². The van der Waals surface area contributed by atoms with Gasteiger partial charge in [0.1, 0.15) is 4.60 Å². The summed E-state index contributed by atoms with van der Waals surface area (Å²) < 4.78 is 2.79. The summed E-state index contributed by atoms with van der Waals surface area (Å²) in [5, 5.41) is 13.0. The molecule has 4 nitrogen and oxygen atoms in total. The lowest BCUT2D eigenvalue weighted by molar-refractivity contribution is -0.141. The van der Waals surface area contributed by atoms with E-state index in [2.05, 4.69) is 21.0 Å². The molecule has 76 valence electrons. The Labute approximate surface area is 90.0 Å². The number of aliphatic carboxylic acids is 1. The lowest BCUT2D eigenvalue weighted by Crippen LogP contribution is -2.12. The minimum absolute atomic E-state index is 0.198. The summed E-state index contributed by atoms with van der Waals surface area (Å²) in [6, 6.07) is 2.11. The normalized spacial score (nSPS) is 26.6. The Balaban J connectivity index is 2.10. The van der Waals surface area contributed by atoms with Crippen molar-refractivity contribution in [3.63, 3.8) is 0 Å². The highest BCUT2D eigenvalue weighted by atomic mass is 79.9. The molecule has 1 saturated carbocycles. The molecule has 5 heteroatoms. The molecule has 1 fully saturated rings. The van der Waals surface area contributed by atoms with E-state index in [4.69, 9.17) is 5.11 Å². The largest absolute Gasteiger partial charge is 0.481 e. The lowest BCUT2D eigenvalue weighted by Gasteiger charge is -2.11. The fourth-order valence-corrected chi connectivity index (χ4v) is 2.47. The van der Waals surface area contributed by atoms with Crippen molar-refractivity contribution < 1.29 is 9.90 Å². The van der Waals surface area contributed by atoms with Crippen LogP contribution in [0.25, 0.3) is 0 Å². The number of carbonyl (C=O) groups is 1. The summed E-state index contributed by atoms with van der Waals surface area (Å²) in [6.07, 6.45) is 4.07. The van der Waals surface area contributed by atoms with Crippen molar-refractivity contribution in [3.05, 3.63) is 16.9 Å². The first-order valence-corrected chi connectivity index (χ1v) is 5.39. The number of carboxylic acid groups (broad SMARTS) is 1. The quantitative estimate of drug-likeness (QED) is 0.884. The molecule has 1 heterocycles. The van der Waals surface area contributed by atoms with E-state index in [1.54, 1.807) is 6.20 Å². The number of nitrogens with zero attached hydrogens (tertiary/aromatic N) is 2. The third kappa shape index (κ3) is 1.68. The third-order valence-electron chi connectivity index (χ3n) is 2.72. The standard InChI is InChI=1S/C9H11BrN2O2/c10-8-3-4-11-12(8)7-2-1-6(5-7)9(13)14/h3-4,6-7H,1-2,5H2,(H,13,14). The summed E-state index contributed by atoms with van der Waals surface area (Å²) in [5.74, 6) is -0.883. The van der Waals surface area contributed by atoms with E-state index < -0.39 is 5.97 Å². The second-order valence-electron chi connectivity index (χ2n) is 3.60. The average molecular weight is 259 g/mol. The van der Waals surface area contributed by atoms with Gasteiger partial charge in [-0.2, -0.15) is 5.10 Å². The Hall–Kier alpha value is -0.840. The zero-order valence-corrected chi connectivity index (χ0v) is 9.14. The van der Waals surface area contributed by atoms with E-state index in [0.29, 0.717) is 6.42 Å². The van der Waals surface area contributed by atoms with Crippen LogP contribution in [-0.4, -0.2) is 20.9 Å². The molecule has 0 spiro atoms. The van der Waals surface area contributed by atoms with E-state index in [1.807, 2.05) is 10.7 Å². The molecule has 0 saturated heterocycles. The number of carboxylic acids is 1. The predicted octanol–water partition coefficient (Wildman–Crippen LogP) is 2.07. The van der Waals surface area contributed by atoms with Gasteiger partial charge in [0.15, 0.2) is 0 Å². The zero-order valence-electron chi connectivity index (χ0n) is 7.56. The first-order chi connectivity index (χ1) is 6.68. The first-order valence-electron chi connectivity index (χ1n) is 4.60.